The lowest BCUT2D eigenvalue weighted by atomic mass is 9.59. The van der Waals surface area contributed by atoms with Crippen molar-refractivity contribution < 1.29 is 37.4 Å². The second kappa shape index (κ2) is 12.5. The summed E-state index contributed by atoms with van der Waals surface area (Å²) in [7, 11) is 0. The SMILES string of the molecule is Cc1ccc(OCC(=O)NC23CCC(NC(=O)COc4ccc(Cl)c(F)c4)(CC2)C[C@@H]3OC(=O)c2cccnc2)cc1F. The third-order valence-electron chi connectivity index (χ3n) is 8.01. The van der Waals surface area contributed by atoms with Gasteiger partial charge in [-0.05, 0) is 68.5 Å². The number of aryl methyl sites for hydroxylation is 1. The number of aromatic nitrogens is 1. The zero-order valence-corrected chi connectivity index (χ0v) is 24.1. The lowest BCUT2D eigenvalue weighted by Gasteiger charge is -2.57. The van der Waals surface area contributed by atoms with Gasteiger partial charge in [0.05, 0.1) is 16.1 Å². The summed E-state index contributed by atoms with van der Waals surface area (Å²) in [5.41, 5.74) is -0.912. The summed E-state index contributed by atoms with van der Waals surface area (Å²) in [6.45, 7) is 0.903. The first-order valence-electron chi connectivity index (χ1n) is 13.8. The first-order valence-corrected chi connectivity index (χ1v) is 14.1. The van der Waals surface area contributed by atoms with Crippen LogP contribution in [-0.2, 0) is 14.3 Å². The van der Waals surface area contributed by atoms with Gasteiger partial charge in [-0.25, -0.2) is 13.6 Å². The fourth-order valence-corrected chi connectivity index (χ4v) is 5.76. The van der Waals surface area contributed by atoms with Gasteiger partial charge in [-0.3, -0.25) is 14.6 Å². The number of hydrogen-bond donors (Lipinski definition) is 2. The Kier molecular flexibility index (Phi) is 8.82. The predicted molar refractivity (Wildman–Crippen MR) is 152 cm³/mol. The van der Waals surface area contributed by atoms with Crippen LogP contribution in [0, 0.1) is 18.6 Å². The van der Waals surface area contributed by atoms with Crippen molar-refractivity contribution in [2.75, 3.05) is 13.2 Å². The van der Waals surface area contributed by atoms with E-state index in [0.29, 0.717) is 31.2 Å². The van der Waals surface area contributed by atoms with Crippen molar-refractivity contribution in [3.63, 3.8) is 0 Å². The highest BCUT2D eigenvalue weighted by molar-refractivity contribution is 6.30. The predicted octanol–water partition coefficient (Wildman–Crippen LogP) is 4.69. The minimum Gasteiger partial charge on any atom is -0.484 e. The van der Waals surface area contributed by atoms with Crippen molar-refractivity contribution in [1.82, 2.24) is 15.6 Å². The second-order valence-electron chi connectivity index (χ2n) is 10.9. The van der Waals surface area contributed by atoms with E-state index < -0.39 is 46.6 Å². The number of nitrogens with one attached hydrogen (secondary N) is 2. The molecule has 2 bridgehead atoms. The maximum Gasteiger partial charge on any atom is 0.340 e. The molecule has 3 aliphatic rings. The number of halogens is 3. The lowest BCUT2D eigenvalue weighted by molar-refractivity contribution is -0.137. The Balaban J connectivity index is 1.27. The Bertz CT molecular complexity index is 1510. The van der Waals surface area contributed by atoms with Gasteiger partial charge in [0, 0.05) is 36.5 Å². The van der Waals surface area contributed by atoms with Crippen molar-refractivity contribution in [1.29, 1.82) is 0 Å². The number of ether oxygens (including phenoxy) is 3. The van der Waals surface area contributed by atoms with Gasteiger partial charge in [-0.2, -0.15) is 0 Å². The third-order valence-corrected chi connectivity index (χ3v) is 8.31. The van der Waals surface area contributed by atoms with Gasteiger partial charge in [-0.1, -0.05) is 17.7 Å². The number of hydrogen-bond acceptors (Lipinski definition) is 7. The van der Waals surface area contributed by atoms with E-state index in [-0.39, 0.29) is 41.7 Å². The Morgan fingerprint density at radius 1 is 0.930 bits per heavy atom. The Labute approximate surface area is 251 Å². The van der Waals surface area contributed by atoms with Crippen LogP contribution in [0.25, 0.3) is 0 Å². The number of esters is 1. The first kappa shape index (κ1) is 30.2. The van der Waals surface area contributed by atoms with Gasteiger partial charge in [0.1, 0.15) is 29.2 Å². The third kappa shape index (κ3) is 7.05. The molecular weight excluding hydrogens is 584 g/mol. The molecule has 3 aliphatic carbocycles. The summed E-state index contributed by atoms with van der Waals surface area (Å²) >= 11 is 5.71. The summed E-state index contributed by atoms with van der Waals surface area (Å²) in [5.74, 6) is -2.22. The molecule has 0 unspecified atom stereocenters. The van der Waals surface area contributed by atoms with E-state index in [9.17, 15) is 23.2 Å². The van der Waals surface area contributed by atoms with Gasteiger partial charge in [-0.15, -0.1) is 0 Å². The van der Waals surface area contributed by atoms with Crippen molar-refractivity contribution in [3.05, 3.63) is 88.7 Å². The molecule has 12 heteroatoms. The maximum atomic E-state index is 13.9. The lowest BCUT2D eigenvalue weighted by Crippen LogP contribution is -2.71. The minimum absolute atomic E-state index is 0.0573. The van der Waals surface area contributed by atoms with Gasteiger partial charge in [0.2, 0.25) is 0 Å². The van der Waals surface area contributed by atoms with Crippen LogP contribution < -0.4 is 20.1 Å². The molecule has 226 valence electrons. The number of pyridine rings is 1. The fourth-order valence-electron chi connectivity index (χ4n) is 5.64. The smallest absolute Gasteiger partial charge is 0.340 e. The number of carbonyl (C=O) groups excluding carboxylic acids is 3. The maximum absolute atomic E-state index is 13.9. The Morgan fingerprint density at radius 2 is 1.58 bits per heavy atom. The van der Waals surface area contributed by atoms with Gasteiger partial charge in [0.15, 0.2) is 13.2 Å². The monoisotopic (exact) mass is 613 g/mol. The van der Waals surface area contributed by atoms with Crippen LogP contribution in [0.3, 0.4) is 0 Å². The van der Waals surface area contributed by atoms with E-state index in [0.717, 1.165) is 6.07 Å². The zero-order chi connectivity index (χ0) is 30.6. The molecule has 0 saturated heterocycles. The quantitative estimate of drug-likeness (QED) is 0.319. The molecule has 0 radical (unpaired) electrons. The van der Waals surface area contributed by atoms with E-state index >= 15 is 0 Å². The van der Waals surface area contributed by atoms with Crippen molar-refractivity contribution >= 4 is 29.4 Å². The summed E-state index contributed by atoms with van der Waals surface area (Å²) < 4.78 is 44.6. The fraction of sp³-hybridized carbons (Fsp3) is 0.355. The molecule has 1 atom stereocenters. The van der Waals surface area contributed by atoms with E-state index in [1.165, 1.54) is 30.6 Å². The van der Waals surface area contributed by atoms with E-state index in [1.807, 2.05) is 0 Å². The average Bonchev–Trinajstić information content (AvgIpc) is 2.99. The van der Waals surface area contributed by atoms with Crippen LogP contribution in [0.2, 0.25) is 5.02 Å². The summed E-state index contributed by atoms with van der Waals surface area (Å²) in [4.78, 5) is 43.0. The molecule has 0 spiro atoms. The Morgan fingerprint density at radius 3 is 2.21 bits per heavy atom. The van der Waals surface area contributed by atoms with E-state index in [1.54, 1.807) is 31.2 Å². The minimum atomic E-state index is -0.902. The van der Waals surface area contributed by atoms with Crippen molar-refractivity contribution in [2.24, 2.45) is 0 Å². The van der Waals surface area contributed by atoms with Crippen LogP contribution >= 0.6 is 11.6 Å². The van der Waals surface area contributed by atoms with E-state index in [2.05, 4.69) is 15.6 Å². The van der Waals surface area contributed by atoms with Crippen LogP contribution in [-0.4, -0.2) is 53.2 Å². The number of amides is 2. The largest absolute Gasteiger partial charge is 0.484 e. The number of rotatable bonds is 10. The molecule has 43 heavy (non-hydrogen) atoms. The van der Waals surface area contributed by atoms with Crippen molar-refractivity contribution in [3.8, 4) is 11.5 Å². The van der Waals surface area contributed by atoms with Gasteiger partial charge < -0.3 is 24.8 Å². The standard InChI is InChI=1S/C31H30ClF2N3O6/c1-19-4-5-21(13-24(19)33)42-18-28(39)37-31-10-8-30(9-11-31,15-26(31)43-29(40)20-3-2-12-35-16-20)36-27(38)17-41-22-6-7-23(32)25(34)14-22/h2-7,12-14,16,26H,8-11,15,17-18H2,1H3,(H,36,38)(H,37,39)/t26-,30?,31?/m0/s1. The molecule has 3 saturated carbocycles. The molecule has 2 N–H and O–H groups in total. The molecule has 1 aromatic heterocycles. The number of carbonyl (C=O) groups is 3. The molecular formula is C31H30ClF2N3O6. The Hall–Kier alpha value is -4.25. The molecule has 2 aromatic carbocycles. The summed E-state index contributed by atoms with van der Waals surface area (Å²) in [5, 5.41) is 5.98. The molecule has 2 amide bonds. The van der Waals surface area contributed by atoms with Gasteiger partial charge in [0.25, 0.3) is 11.8 Å². The number of benzene rings is 2. The van der Waals surface area contributed by atoms with Crippen LogP contribution in [0.5, 0.6) is 11.5 Å². The molecule has 0 aliphatic heterocycles. The number of fused-ring (bicyclic) bond motifs is 3. The average molecular weight is 614 g/mol. The molecule has 1 heterocycles. The molecule has 9 nitrogen and oxygen atoms in total. The highest BCUT2D eigenvalue weighted by atomic mass is 35.5. The molecule has 6 rings (SSSR count). The summed E-state index contributed by atoms with van der Waals surface area (Å²) in [6, 6.07) is 11.4. The number of nitrogens with zero attached hydrogens (tertiary/aromatic N) is 1. The normalized spacial score (nSPS) is 22.4. The first-order chi connectivity index (χ1) is 20.6. The van der Waals surface area contributed by atoms with Crippen LogP contribution in [0.4, 0.5) is 8.78 Å². The zero-order valence-electron chi connectivity index (χ0n) is 23.3. The van der Waals surface area contributed by atoms with Gasteiger partial charge >= 0.3 is 5.97 Å². The van der Waals surface area contributed by atoms with E-state index in [4.69, 9.17) is 25.8 Å². The highest BCUT2D eigenvalue weighted by Gasteiger charge is 2.57. The van der Waals surface area contributed by atoms with Crippen LogP contribution in [0.15, 0.2) is 60.9 Å². The highest BCUT2D eigenvalue weighted by Crippen LogP contribution is 2.48. The summed E-state index contributed by atoms with van der Waals surface area (Å²) in [6.07, 6.45) is 4.20. The molecule has 3 aromatic rings. The molecule has 3 fully saturated rings. The topological polar surface area (TPSA) is 116 Å². The van der Waals surface area contributed by atoms with Crippen molar-refractivity contribution in [2.45, 2.75) is 56.2 Å². The second-order valence-corrected chi connectivity index (χ2v) is 11.3. The van der Waals surface area contributed by atoms with Crippen LogP contribution in [0.1, 0.15) is 48.0 Å².